The monoisotopic (exact) mass is 169 g/mol. The number of methoxy groups -OCH3 is 1. The number of rotatable bonds is 2. The predicted molar refractivity (Wildman–Crippen MR) is 44.1 cm³/mol. The molecule has 66 valence electrons. The molecule has 12 heavy (non-hydrogen) atoms. The fourth-order valence-corrected chi connectivity index (χ4v) is 0.944. The first-order valence-corrected chi connectivity index (χ1v) is 3.48. The summed E-state index contributed by atoms with van der Waals surface area (Å²) in [4.78, 5) is 10.7. The molecule has 0 radical (unpaired) electrons. The van der Waals surface area contributed by atoms with Gasteiger partial charge in [-0.15, -0.1) is 0 Å². The molecule has 0 unspecified atom stereocenters. The van der Waals surface area contributed by atoms with Gasteiger partial charge in [-0.05, 0) is 0 Å². The predicted octanol–water partition coefficient (Wildman–Crippen LogP) is 0.387. The van der Waals surface area contributed by atoms with E-state index in [-0.39, 0.29) is 5.91 Å². The van der Waals surface area contributed by atoms with E-state index in [1.807, 2.05) is 0 Å². The maximum absolute atomic E-state index is 10.7. The van der Waals surface area contributed by atoms with Crippen LogP contribution in [0.1, 0.15) is 6.92 Å². The lowest BCUT2D eigenvalue weighted by atomic mass is 10.5. The zero-order valence-corrected chi connectivity index (χ0v) is 7.29. The minimum atomic E-state index is -0.138. The van der Waals surface area contributed by atoms with Crippen LogP contribution in [0.4, 0.5) is 5.69 Å². The zero-order valence-electron chi connectivity index (χ0n) is 7.29. The number of hydrogen-bond donors (Lipinski definition) is 1. The second-order valence-electron chi connectivity index (χ2n) is 2.37. The Balaban J connectivity index is 2.91. The van der Waals surface area contributed by atoms with Gasteiger partial charge in [0.25, 0.3) is 0 Å². The van der Waals surface area contributed by atoms with Crippen LogP contribution >= 0.6 is 0 Å². The first-order valence-electron chi connectivity index (χ1n) is 3.48. The molecule has 1 heterocycles. The maximum Gasteiger partial charge on any atom is 0.235 e. The molecule has 5 nitrogen and oxygen atoms in total. The molecule has 0 spiro atoms. The van der Waals surface area contributed by atoms with E-state index >= 15 is 0 Å². The van der Waals surface area contributed by atoms with Gasteiger partial charge in [0.1, 0.15) is 5.69 Å². The molecule has 0 saturated heterocycles. The van der Waals surface area contributed by atoms with Crippen molar-refractivity contribution >= 4 is 11.6 Å². The molecule has 1 rings (SSSR count). The molecule has 1 aromatic rings. The number of aryl methyl sites for hydroxylation is 1. The average Bonchev–Trinajstić information content (AvgIpc) is 2.30. The third kappa shape index (κ3) is 1.55. The molecule has 5 heteroatoms. The van der Waals surface area contributed by atoms with Crippen LogP contribution in [0.3, 0.4) is 0 Å². The van der Waals surface area contributed by atoms with Gasteiger partial charge in [0.2, 0.25) is 11.8 Å². The van der Waals surface area contributed by atoms with E-state index in [4.69, 9.17) is 4.74 Å². The number of carbonyl (C=O) groups is 1. The van der Waals surface area contributed by atoms with Crippen molar-refractivity contribution in [2.75, 3.05) is 12.4 Å². The second-order valence-corrected chi connectivity index (χ2v) is 2.37. The second kappa shape index (κ2) is 3.25. The lowest BCUT2D eigenvalue weighted by Crippen LogP contribution is -2.06. The van der Waals surface area contributed by atoms with Crippen LogP contribution < -0.4 is 10.1 Å². The van der Waals surface area contributed by atoms with Crippen molar-refractivity contribution in [3.63, 3.8) is 0 Å². The van der Waals surface area contributed by atoms with Gasteiger partial charge in [-0.2, -0.15) is 5.10 Å². The SMILES string of the molecule is COc1c(NC(C)=O)cnn1C. The van der Waals surface area contributed by atoms with Crippen LogP contribution in [-0.2, 0) is 11.8 Å². The Morgan fingerprint density at radius 1 is 1.75 bits per heavy atom. The minimum absolute atomic E-state index is 0.138. The molecule has 0 aliphatic heterocycles. The third-order valence-corrected chi connectivity index (χ3v) is 1.39. The van der Waals surface area contributed by atoms with Gasteiger partial charge in [-0.3, -0.25) is 4.79 Å². The Morgan fingerprint density at radius 3 is 2.92 bits per heavy atom. The smallest absolute Gasteiger partial charge is 0.235 e. The Hall–Kier alpha value is -1.52. The molecule has 0 fully saturated rings. The molecule has 1 N–H and O–H groups in total. The fourth-order valence-electron chi connectivity index (χ4n) is 0.944. The molecule has 0 aliphatic carbocycles. The summed E-state index contributed by atoms with van der Waals surface area (Å²) in [6.07, 6.45) is 1.54. The fraction of sp³-hybridized carbons (Fsp3) is 0.429. The van der Waals surface area contributed by atoms with E-state index < -0.39 is 0 Å². The quantitative estimate of drug-likeness (QED) is 0.696. The Bertz CT molecular complexity index is 293. The van der Waals surface area contributed by atoms with E-state index in [1.54, 1.807) is 17.9 Å². The summed E-state index contributed by atoms with van der Waals surface area (Å²) in [5.74, 6) is 0.409. The van der Waals surface area contributed by atoms with Gasteiger partial charge in [0.15, 0.2) is 0 Å². The van der Waals surface area contributed by atoms with Crippen molar-refractivity contribution in [3.05, 3.63) is 6.20 Å². The summed E-state index contributed by atoms with van der Waals surface area (Å²) >= 11 is 0. The number of ether oxygens (including phenoxy) is 1. The van der Waals surface area contributed by atoms with Crippen molar-refractivity contribution < 1.29 is 9.53 Å². The van der Waals surface area contributed by atoms with Gasteiger partial charge in [-0.1, -0.05) is 0 Å². The summed E-state index contributed by atoms with van der Waals surface area (Å²) in [5, 5.41) is 6.52. The number of anilines is 1. The summed E-state index contributed by atoms with van der Waals surface area (Å²) in [5.41, 5.74) is 0.590. The lowest BCUT2D eigenvalue weighted by Gasteiger charge is -2.03. The van der Waals surface area contributed by atoms with Crippen molar-refractivity contribution in [1.29, 1.82) is 0 Å². The van der Waals surface area contributed by atoms with Crippen LogP contribution in [0.25, 0.3) is 0 Å². The number of nitrogens with zero attached hydrogens (tertiary/aromatic N) is 2. The highest BCUT2D eigenvalue weighted by molar-refractivity contribution is 5.89. The van der Waals surface area contributed by atoms with E-state index in [0.717, 1.165) is 0 Å². The summed E-state index contributed by atoms with van der Waals surface area (Å²) < 4.78 is 6.55. The van der Waals surface area contributed by atoms with Gasteiger partial charge < -0.3 is 10.1 Å². The van der Waals surface area contributed by atoms with E-state index in [1.165, 1.54) is 14.0 Å². The zero-order chi connectivity index (χ0) is 9.14. The Morgan fingerprint density at radius 2 is 2.42 bits per heavy atom. The van der Waals surface area contributed by atoms with Gasteiger partial charge in [-0.25, -0.2) is 4.68 Å². The first kappa shape index (κ1) is 8.58. The maximum atomic E-state index is 10.7. The molecule has 0 aliphatic rings. The first-order chi connectivity index (χ1) is 5.65. The molecule has 1 aromatic heterocycles. The van der Waals surface area contributed by atoms with E-state index in [0.29, 0.717) is 11.6 Å². The molecule has 0 bridgehead atoms. The Labute approximate surface area is 70.3 Å². The van der Waals surface area contributed by atoms with Crippen molar-refractivity contribution in [2.24, 2.45) is 7.05 Å². The number of hydrogen-bond acceptors (Lipinski definition) is 3. The number of carbonyl (C=O) groups excluding carboxylic acids is 1. The Kier molecular flexibility index (Phi) is 2.32. The van der Waals surface area contributed by atoms with Crippen LogP contribution in [0.15, 0.2) is 6.20 Å². The summed E-state index contributed by atoms with van der Waals surface area (Å²) in [6, 6.07) is 0. The number of nitrogens with one attached hydrogen (secondary N) is 1. The van der Waals surface area contributed by atoms with Crippen LogP contribution in [0.2, 0.25) is 0 Å². The van der Waals surface area contributed by atoms with Crippen LogP contribution in [0.5, 0.6) is 5.88 Å². The largest absolute Gasteiger partial charge is 0.480 e. The minimum Gasteiger partial charge on any atom is -0.480 e. The lowest BCUT2D eigenvalue weighted by molar-refractivity contribution is -0.114. The van der Waals surface area contributed by atoms with Crippen LogP contribution in [0, 0.1) is 0 Å². The molecular weight excluding hydrogens is 158 g/mol. The highest BCUT2D eigenvalue weighted by Crippen LogP contribution is 2.21. The summed E-state index contributed by atoms with van der Waals surface area (Å²) in [6.45, 7) is 1.44. The highest BCUT2D eigenvalue weighted by Gasteiger charge is 2.08. The van der Waals surface area contributed by atoms with Crippen molar-refractivity contribution in [1.82, 2.24) is 9.78 Å². The van der Waals surface area contributed by atoms with Crippen molar-refractivity contribution in [2.45, 2.75) is 6.92 Å². The van der Waals surface area contributed by atoms with Gasteiger partial charge in [0, 0.05) is 14.0 Å². The third-order valence-electron chi connectivity index (χ3n) is 1.39. The molecule has 0 atom stereocenters. The highest BCUT2D eigenvalue weighted by atomic mass is 16.5. The molecule has 0 saturated carbocycles. The topological polar surface area (TPSA) is 56.1 Å². The van der Waals surface area contributed by atoms with E-state index in [9.17, 15) is 4.79 Å². The van der Waals surface area contributed by atoms with Gasteiger partial charge in [0.05, 0.1) is 13.3 Å². The van der Waals surface area contributed by atoms with E-state index in [2.05, 4.69) is 10.4 Å². The number of aromatic nitrogens is 2. The molecule has 1 amide bonds. The van der Waals surface area contributed by atoms with Crippen LogP contribution in [-0.4, -0.2) is 22.8 Å². The molecule has 0 aromatic carbocycles. The normalized spacial score (nSPS) is 9.58. The number of amides is 1. The standard InChI is InChI=1S/C7H11N3O2/c1-5(11)9-6-4-8-10(2)7(6)12-3/h4H,1-3H3,(H,9,11). The average molecular weight is 169 g/mol. The summed E-state index contributed by atoms with van der Waals surface area (Å²) in [7, 11) is 3.27. The van der Waals surface area contributed by atoms with Gasteiger partial charge >= 0.3 is 0 Å². The van der Waals surface area contributed by atoms with Crippen molar-refractivity contribution in [3.8, 4) is 5.88 Å². The molecular formula is C7H11N3O2.